The summed E-state index contributed by atoms with van der Waals surface area (Å²) in [5.74, 6) is -2.07. The molecule has 5 nitrogen and oxygen atoms in total. The van der Waals surface area contributed by atoms with Crippen LogP contribution in [0.5, 0.6) is 0 Å². The summed E-state index contributed by atoms with van der Waals surface area (Å²) in [6.45, 7) is 1.22. The molecular weight excluding hydrogens is 396 g/mol. The smallest absolute Gasteiger partial charge is 0.257 e. The monoisotopic (exact) mass is 413 g/mol. The van der Waals surface area contributed by atoms with Gasteiger partial charge in [0.15, 0.2) is 16.8 Å². The molecule has 2 amide bonds. The van der Waals surface area contributed by atoms with Gasteiger partial charge in [-0.1, -0.05) is 12.1 Å². The maximum Gasteiger partial charge on any atom is 0.257 e. The first kappa shape index (κ1) is 19.2. The Hall–Kier alpha value is -3.13. The highest BCUT2D eigenvalue weighted by molar-refractivity contribution is 7.14. The quantitative estimate of drug-likeness (QED) is 0.672. The zero-order chi connectivity index (χ0) is 20.4. The molecule has 1 aromatic heterocycles. The highest BCUT2D eigenvalue weighted by Crippen LogP contribution is 2.26. The van der Waals surface area contributed by atoms with Crippen molar-refractivity contribution in [2.24, 2.45) is 0 Å². The predicted molar refractivity (Wildman–Crippen MR) is 107 cm³/mol. The number of amides is 2. The molecule has 3 aromatic rings. The molecule has 4 rings (SSSR count). The van der Waals surface area contributed by atoms with Crippen molar-refractivity contribution >= 4 is 28.3 Å². The average molecular weight is 413 g/mol. The molecule has 2 aromatic carbocycles. The Kier molecular flexibility index (Phi) is 5.35. The number of nitrogens with zero attached hydrogens (tertiary/aromatic N) is 2. The van der Waals surface area contributed by atoms with Gasteiger partial charge in [-0.3, -0.25) is 14.9 Å². The summed E-state index contributed by atoms with van der Waals surface area (Å²) >= 11 is 1.20. The Labute approximate surface area is 170 Å². The van der Waals surface area contributed by atoms with Crippen LogP contribution in [0.3, 0.4) is 0 Å². The summed E-state index contributed by atoms with van der Waals surface area (Å²) in [5.41, 5.74) is 2.22. The van der Waals surface area contributed by atoms with Crippen molar-refractivity contribution in [3.63, 3.8) is 0 Å². The fourth-order valence-electron chi connectivity index (χ4n) is 3.19. The van der Waals surface area contributed by atoms with Crippen LogP contribution in [0.15, 0.2) is 47.8 Å². The van der Waals surface area contributed by atoms with Crippen LogP contribution in [-0.2, 0) is 11.3 Å². The summed E-state index contributed by atoms with van der Waals surface area (Å²) in [4.78, 5) is 30.4. The van der Waals surface area contributed by atoms with Crippen LogP contribution in [0, 0.1) is 11.6 Å². The first-order chi connectivity index (χ1) is 14.0. The van der Waals surface area contributed by atoms with Crippen LogP contribution < -0.4 is 5.32 Å². The van der Waals surface area contributed by atoms with Crippen molar-refractivity contribution in [1.29, 1.82) is 0 Å². The van der Waals surface area contributed by atoms with Gasteiger partial charge in [-0.05, 0) is 42.3 Å². The van der Waals surface area contributed by atoms with E-state index in [-0.39, 0.29) is 11.8 Å². The van der Waals surface area contributed by atoms with Crippen molar-refractivity contribution in [3.05, 3.63) is 70.6 Å². The summed E-state index contributed by atoms with van der Waals surface area (Å²) in [5, 5.41) is 4.74. The molecule has 2 heterocycles. The third kappa shape index (κ3) is 4.32. The van der Waals surface area contributed by atoms with Gasteiger partial charge in [0.1, 0.15) is 0 Å². The van der Waals surface area contributed by atoms with Gasteiger partial charge in [-0.15, -0.1) is 11.3 Å². The van der Waals surface area contributed by atoms with Gasteiger partial charge in [-0.25, -0.2) is 13.8 Å². The van der Waals surface area contributed by atoms with E-state index in [4.69, 9.17) is 0 Å². The minimum absolute atomic E-state index is 0.132. The van der Waals surface area contributed by atoms with Gasteiger partial charge >= 0.3 is 0 Å². The topological polar surface area (TPSA) is 62.3 Å². The van der Waals surface area contributed by atoms with Crippen LogP contribution in [0.4, 0.5) is 13.9 Å². The fraction of sp³-hybridized carbons (Fsp3) is 0.190. The second-order valence-corrected chi connectivity index (χ2v) is 7.60. The minimum Gasteiger partial charge on any atom is -0.338 e. The largest absolute Gasteiger partial charge is 0.338 e. The SMILES string of the molecule is O=C(Nc1nc(-c2ccc(F)c(F)c2)cs1)c1cccc(CN2CCCC2=O)c1. The van der Waals surface area contributed by atoms with Crippen LogP contribution in [0.25, 0.3) is 11.3 Å². The number of rotatable bonds is 5. The molecule has 0 atom stereocenters. The van der Waals surface area contributed by atoms with E-state index in [1.807, 2.05) is 6.07 Å². The first-order valence-corrected chi connectivity index (χ1v) is 9.96. The molecule has 0 spiro atoms. The van der Waals surface area contributed by atoms with Crippen LogP contribution in [-0.4, -0.2) is 28.2 Å². The zero-order valence-corrected chi connectivity index (χ0v) is 16.1. The molecule has 1 aliphatic rings. The molecule has 1 saturated heterocycles. The number of benzene rings is 2. The molecule has 0 bridgehead atoms. The summed E-state index contributed by atoms with van der Waals surface area (Å²) in [7, 11) is 0. The molecule has 0 saturated carbocycles. The second-order valence-electron chi connectivity index (χ2n) is 6.74. The van der Waals surface area contributed by atoms with Crippen LogP contribution in [0.1, 0.15) is 28.8 Å². The molecular formula is C21H17F2N3O2S. The number of likely N-dealkylation sites (tertiary alicyclic amines) is 1. The van der Waals surface area contributed by atoms with Crippen LogP contribution >= 0.6 is 11.3 Å². The Balaban J connectivity index is 1.45. The molecule has 29 heavy (non-hydrogen) atoms. The van der Waals surface area contributed by atoms with Gasteiger partial charge in [-0.2, -0.15) is 0 Å². The van der Waals surface area contributed by atoms with E-state index < -0.39 is 11.6 Å². The highest BCUT2D eigenvalue weighted by Gasteiger charge is 2.20. The molecule has 0 radical (unpaired) electrons. The number of carbonyl (C=O) groups is 2. The number of aromatic nitrogens is 1. The molecule has 1 N–H and O–H groups in total. The van der Waals surface area contributed by atoms with E-state index in [1.54, 1.807) is 28.5 Å². The number of nitrogens with one attached hydrogen (secondary N) is 1. The summed E-state index contributed by atoms with van der Waals surface area (Å²) < 4.78 is 26.5. The third-order valence-corrected chi connectivity index (χ3v) is 5.43. The lowest BCUT2D eigenvalue weighted by Crippen LogP contribution is -2.24. The zero-order valence-electron chi connectivity index (χ0n) is 15.3. The Morgan fingerprint density at radius 2 is 2.03 bits per heavy atom. The van der Waals surface area contributed by atoms with E-state index in [1.165, 1.54) is 17.4 Å². The van der Waals surface area contributed by atoms with Gasteiger partial charge in [0.25, 0.3) is 5.91 Å². The normalized spacial score (nSPS) is 13.7. The lowest BCUT2D eigenvalue weighted by molar-refractivity contribution is -0.128. The fourth-order valence-corrected chi connectivity index (χ4v) is 3.91. The summed E-state index contributed by atoms with van der Waals surface area (Å²) in [6, 6.07) is 10.6. The van der Waals surface area contributed by atoms with Crippen molar-refractivity contribution < 1.29 is 18.4 Å². The number of hydrogen-bond donors (Lipinski definition) is 1. The Morgan fingerprint density at radius 1 is 1.17 bits per heavy atom. The van der Waals surface area contributed by atoms with Gasteiger partial charge in [0.05, 0.1) is 5.69 Å². The van der Waals surface area contributed by atoms with Crippen molar-refractivity contribution in [2.75, 3.05) is 11.9 Å². The van der Waals surface area contributed by atoms with Crippen molar-refractivity contribution in [2.45, 2.75) is 19.4 Å². The van der Waals surface area contributed by atoms with Crippen LogP contribution in [0.2, 0.25) is 0 Å². The third-order valence-electron chi connectivity index (χ3n) is 4.67. The number of halogens is 2. The van der Waals surface area contributed by atoms with Gasteiger partial charge in [0, 0.05) is 36.0 Å². The average Bonchev–Trinajstić information content (AvgIpc) is 3.33. The lowest BCUT2D eigenvalue weighted by atomic mass is 10.1. The van der Waals surface area contributed by atoms with Crippen molar-refractivity contribution in [3.8, 4) is 11.3 Å². The van der Waals surface area contributed by atoms with E-state index in [9.17, 15) is 18.4 Å². The number of thiazole rings is 1. The number of carbonyl (C=O) groups excluding carboxylic acids is 2. The first-order valence-electron chi connectivity index (χ1n) is 9.08. The standard InChI is InChI=1S/C21H17F2N3O2S/c22-16-7-6-14(10-17(16)23)18-12-29-21(24-18)25-20(28)15-4-1-3-13(9-15)11-26-8-2-5-19(26)27/h1,3-4,6-7,9-10,12H,2,5,8,11H2,(H,24,25,28). The molecule has 148 valence electrons. The lowest BCUT2D eigenvalue weighted by Gasteiger charge is -2.15. The molecule has 0 unspecified atom stereocenters. The van der Waals surface area contributed by atoms with E-state index in [2.05, 4.69) is 10.3 Å². The minimum atomic E-state index is -0.950. The van der Waals surface area contributed by atoms with E-state index in [0.29, 0.717) is 34.9 Å². The molecule has 1 aliphatic heterocycles. The van der Waals surface area contributed by atoms with E-state index >= 15 is 0 Å². The van der Waals surface area contributed by atoms with E-state index in [0.717, 1.165) is 30.7 Å². The molecule has 0 aliphatic carbocycles. The second kappa shape index (κ2) is 8.08. The highest BCUT2D eigenvalue weighted by atomic mass is 32.1. The molecule has 8 heteroatoms. The van der Waals surface area contributed by atoms with Gasteiger partial charge < -0.3 is 4.90 Å². The summed E-state index contributed by atoms with van der Waals surface area (Å²) in [6.07, 6.45) is 1.44. The Morgan fingerprint density at radius 3 is 2.79 bits per heavy atom. The number of hydrogen-bond acceptors (Lipinski definition) is 4. The van der Waals surface area contributed by atoms with Crippen molar-refractivity contribution in [1.82, 2.24) is 9.88 Å². The Bertz CT molecular complexity index is 1080. The van der Waals surface area contributed by atoms with Gasteiger partial charge in [0.2, 0.25) is 5.91 Å². The predicted octanol–water partition coefficient (Wildman–Crippen LogP) is 4.46. The number of anilines is 1. The molecule has 1 fully saturated rings. The maximum absolute atomic E-state index is 13.4. The maximum atomic E-state index is 13.4.